The molecule has 2 N–H and O–H groups in total. The third-order valence-corrected chi connectivity index (χ3v) is 5.64. The zero-order valence-electron chi connectivity index (χ0n) is 18.0. The van der Waals surface area contributed by atoms with Gasteiger partial charge in [0.1, 0.15) is 0 Å². The van der Waals surface area contributed by atoms with Crippen molar-refractivity contribution in [1.29, 1.82) is 0 Å². The molecule has 6 nitrogen and oxygen atoms in total. The Morgan fingerprint density at radius 2 is 1.63 bits per heavy atom. The van der Waals surface area contributed by atoms with Crippen molar-refractivity contribution in [3.63, 3.8) is 0 Å². The summed E-state index contributed by atoms with van der Waals surface area (Å²) in [5.74, 6) is 1.59. The number of methoxy groups -OCH3 is 1. The van der Waals surface area contributed by atoms with Crippen LogP contribution in [0.1, 0.15) is 31.2 Å². The van der Waals surface area contributed by atoms with Gasteiger partial charge < -0.3 is 25.0 Å². The van der Waals surface area contributed by atoms with Crippen LogP contribution in [0, 0.1) is 6.92 Å². The number of benzene rings is 2. The summed E-state index contributed by atoms with van der Waals surface area (Å²) < 4.78 is 11.6. The lowest BCUT2D eigenvalue weighted by molar-refractivity contribution is 0.200. The lowest BCUT2D eigenvalue weighted by Gasteiger charge is -2.35. The Balaban J connectivity index is 0.000000310. The van der Waals surface area contributed by atoms with Gasteiger partial charge in [-0.2, -0.15) is 0 Å². The zero-order chi connectivity index (χ0) is 21.3. The van der Waals surface area contributed by atoms with Gasteiger partial charge in [0.25, 0.3) is 0 Å². The molecule has 1 saturated heterocycles. The van der Waals surface area contributed by atoms with Crippen molar-refractivity contribution in [3.8, 4) is 11.5 Å². The quantitative estimate of drug-likeness (QED) is 0.818. The maximum Gasteiger partial charge on any atom is 0.314 e. The molecule has 1 aliphatic carbocycles. The first-order chi connectivity index (χ1) is 14.6. The SMILES string of the molecule is COc1ccc(N2CCN(C(N)=O)CC2)cc1OC1CCCC1.Cc1ccccc1. The molecule has 30 heavy (non-hydrogen) atoms. The van der Waals surface area contributed by atoms with Crippen molar-refractivity contribution in [2.24, 2.45) is 5.73 Å². The number of urea groups is 1. The fourth-order valence-electron chi connectivity index (χ4n) is 3.86. The van der Waals surface area contributed by atoms with Crippen LogP contribution < -0.4 is 20.1 Å². The van der Waals surface area contributed by atoms with E-state index in [0.717, 1.165) is 43.1 Å². The normalized spacial score (nSPS) is 16.6. The van der Waals surface area contributed by atoms with Crippen molar-refractivity contribution in [2.75, 3.05) is 38.2 Å². The second-order valence-electron chi connectivity index (χ2n) is 7.83. The number of anilines is 1. The van der Waals surface area contributed by atoms with Crippen LogP contribution in [0.25, 0.3) is 0 Å². The first-order valence-electron chi connectivity index (χ1n) is 10.7. The zero-order valence-corrected chi connectivity index (χ0v) is 18.0. The van der Waals surface area contributed by atoms with Gasteiger partial charge in [-0.15, -0.1) is 0 Å². The fourth-order valence-corrected chi connectivity index (χ4v) is 3.86. The number of carbonyl (C=O) groups is 1. The molecule has 2 fully saturated rings. The van der Waals surface area contributed by atoms with E-state index in [1.54, 1.807) is 12.0 Å². The highest BCUT2D eigenvalue weighted by Gasteiger charge is 2.22. The number of nitrogens with two attached hydrogens (primary N) is 1. The minimum Gasteiger partial charge on any atom is -0.493 e. The van der Waals surface area contributed by atoms with Crippen LogP contribution >= 0.6 is 0 Å². The molecule has 2 aliphatic rings. The molecule has 0 atom stereocenters. The Kier molecular flexibility index (Phi) is 7.82. The number of hydrogen-bond acceptors (Lipinski definition) is 4. The molecule has 0 unspecified atom stereocenters. The van der Waals surface area contributed by atoms with Gasteiger partial charge in [0.05, 0.1) is 13.2 Å². The summed E-state index contributed by atoms with van der Waals surface area (Å²) in [5, 5.41) is 0. The number of rotatable bonds is 4. The second-order valence-corrected chi connectivity index (χ2v) is 7.83. The number of hydrogen-bond donors (Lipinski definition) is 1. The molecule has 162 valence electrons. The largest absolute Gasteiger partial charge is 0.493 e. The molecule has 0 bridgehead atoms. The monoisotopic (exact) mass is 411 g/mol. The Morgan fingerprint density at radius 3 is 2.17 bits per heavy atom. The van der Waals surface area contributed by atoms with Crippen molar-refractivity contribution < 1.29 is 14.3 Å². The van der Waals surface area contributed by atoms with E-state index in [-0.39, 0.29) is 6.03 Å². The summed E-state index contributed by atoms with van der Waals surface area (Å²) in [6, 6.07) is 16.0. The molecule has 2 aromatic carbocycles. The van der Waals surface area contributed by atoms with Gasteiger partial charge in [0.2, 0.25) is 0 Å². The van der Waals surface area contributed by atoms with Gasteiger partial charge in [0.15, 0.2) is 11.5 Å². The van der Waals surface area contributed by atoms with E-state index >= 15 is 0 Å². The van der Waals surface area contributed by atoms with Gasteiger partial charge >= 0.3 is 6.03 Å². The lowest BCUT2D eigenvalue weighted by Crippen LogP contribution is -2.50. The molecular formula is C24H33N3O3. The van der Waals surface area contributed by atoms with E-state index in [1.165, 1.54) is 18.4 Å². The Hall–Kier alpha value is -2.89. The maximum absolute atomic E-state index is 11.2. The van der Waals surface area contributed by atoms with Gasteiger partial charge in [-0.3, -0.25) is 0 Å². The van der Waals surface area contributed by atoms with E-state index in [0.29, 0.717) is 19.2 Å². The predicted octanol–water partition coefficient (Wildman–Crippen LogP) is 4.21. The smallest absolute Gasteiger partial charge is 0.314 e. The Morgan fingerprint density at radius 1 is 0.967 bits per heavy atom. The van der Waals surface area contributed by atoms with Crippen LogP contribution in [0.3, 0.4) is 0 Å². The van der Waals surface area contributed by atoms with Crippen molar-refractivity contribution in [1.82, 2.24) is 4.90 Å². The van der Waals surface area contributed by atoms with E-state index in [2.05, 4.69) is 30.0 Å². The van der Waals surface area contributed by atoms with Crippen LogP contribution in [-0.4, -0.2) is 50.3 Å². The van der Waals surface area contributed by atoms with Gasteiger partial charge in [-0.25, -0.2) is 4.79 Å². The molecule has 4 rings (SSSR count). The molecular weight excluding hydrogens is 378 g/mol. The number of ether oxygens (including phenoxy) is 2. The number of carbonyl (C=O) groups excluding carboxylic acids is 1. The molecule has 2 amide bonds. The number of aryl methyl sites for hydroxylation is 1. The molecule has 1 saturated carbocycles. The highest BCUT2D eigenvalue weighted by molar-refractivity contribution is 5.72. The average molecular weight is 412 g/mol. The highest BCUT2D eigenvalue weighted by Crippen LogP contribution is 2.35. The number of amides is 2. The summed E-state index contributed by atoms with van der Waals surface area (Å²) >= 11 is 0. The third-order valence-electron chi connectivity index (χ3n) is 5.64. The molecule has 1 aliphatic heterocycles. The van der Waals surface area contributed by atoms with Crippen LogP contribution in [-0.2, 0) is 0 Å². The fraction of sp³-hybridized carbons (Fsp3) is 0.458. The first-order valence-corrected chi connectivity index (χ1v) is 10.7. The van der Waals surface area contributed by atoms with Crippen molar-refractivity contribution >= 4 is 11.7 Å². The first kappa shape index (κ1) is 21.8. The van der Waals surface area contributed by atoms with Crippen LogP contribution in [0.4, 0.5) is 10.5 Å². The summed E-state index contributed by atoms with van der Waals surface area (Å²) in [5.41, 5.74) is 7.76. The van der Waals surface area contributed by atoms with Crippen LogP contribution in [0.15, 0.2) is 48.5 Å². The molecule has 1 heterocycles. The number of nitrogens with zero attached hydrogens (tertiary/aromatic N) is 2. The number of primary amides is 1. The van der Waals surface area contributed by atoms with E-state index in [4.69, 9.17) is 15.2 Å². The van der Waals surface area contributed by atoms with Gasteiger partial charge in [-0.1, -0.05) is 35.9 Å². The highest BCUT2D eigenvalue weighted by atomic mass is 16.5. The maximum atomic E-state index is 11.2. The molecule has 0 aromatic heterocycles. The summed E-state index contributed by atoms with van der Waals surface area (Å²) in [6.45, 7) is 4.94. The molecule has 6 heteroatoms. The summed E-state index contributed by atoms with van der Waals surface area (Å²) in [4.78, 5) is 15.1. The van der Waals surface area contributed by atoms with E-state index in [9.17, 15) is 4.79 Å². The third kappa shape index (κ3) is 6.05. The number of piperazine rings is 1. The Labute approximate surface area is 179 Å². The summed E-state index contributed by atoms with van der Waals surface area (Å²) in [6.07, 6.45) is 5.00. The lowest BCUT2D eigenvalue weighted by atomic mass is 10.2. The van der Waals surface area contributed by atoms with E-state index in [1.807, 2.05) is 30.3 Å². The van der Waals surface area contributed by atoms with Crippen LogP contribution in [0.2, 0.25) is 0 Å². The molecule has 0 spiro atoms. The summed E-state index contributed by atoms with van der Waals surface area (Å²) in [7, 11) is 1.67. The van der Waals surface area contributed by atoms with Crippen molar-refractivity contribution in [2.45, 2.75) is 38.7 Å². The minimum atomic E-state index is -0.343. The second kappa shape index (κ2) is 10.8. The van der Waals surface area contributed by atoms with E-state index < -0.39 is 0 Å². The predicted molar refractivity (Wildman–Crippen MR) is 120 cm³/mol. The Bertz CT molecular complexity index is 799. The van der Waals surface area contributed by atoms with Crippen molar-refractivity contribution in [3.05, 3.63) is 54.1 Å². The molecule has 2 aromatic rings. The molecule has 0 radical (unpaired) electrons. The van der Waals surface area contributed by atoms with Crippen LogP contribution in [0.5, 0.6) is 11.5 Å². The minimum absolute atomic E-state index is 0.297. The van der Waals surface area contributed by atoms with Gasteiger partial charge in [0, 0.05) is 37.9 Å². The standard InChI is InChI=1S/C17H25N3O3.C7H8/c1-22-15-7-6-13(12-16(15)23-14-4-2-3-5-14)19-8-10-20(11-9-19)17(18)21;1-7-5-3-2-4-6-7/h6-7,12,14H,2-5,8-11H2,1H3,(H2,18,21);2-6H,1H3. The average Bonchev–Trinajstić information content (AvgIpc) is 3.28. The van der Waals surface area contributed by atoms with Gasteiger partial charge in [-0.05, 0) is 44.7 Å². The topological polar surface area (TPSA) is 68.0 Å².